The van der Waals surface area contributed by atoms with E-state index in [0.29, 0.717) is 11.3 Å². The maximum atomic E-state index is 12.8. The number of carbonyl (C=O) groups is 1. The first-order valence-electron chi connectivity index (χ1n) is 9.21. The summed E-state index contributed by atoms with van der Waals surface area (Å²) in [6.45, 7) is 2.23. The topological polar surface area (TPSA) is 119 Å². The van der Waals surface area contributed by atoms with Gasteiger partial charge in [-0.15, -0.1) is 10.2 Å². The van der Waals surface area contributed by atoms with Crippen molar-refractivity contribution in [3.8, 4) is 6.07 Å². The zero-order chi connectivity index (χ0) is 19.1. The van der Waals surface area contributed by atoms with Crippen LogP contribution in [0.15, 0.2) is 30.5 Å². The monoisotopic (exact) mass is 365 g/mol. The Bertz CT molecular complexity index is 830. The lowest BCUT2D eigenvalue weighted by atomic mass is 9.84. The first kappa shape index (κ1) is 18.6. The fraction of sp³-hybridized carbons (Fsp3) is 0.421. The van der Waals surface area contributed by atoms with Crippen LogP contribution in [0, 0.1) is 17.2 Å². The van der Waals surface area contributed by atoms with Crippen molar-refractivity contribution in [3.63, 3.8) is 0 Å². The lowest BCUT2D eigenvalue weighted by Gasteiger charge is -2.28. The molecular formula is C19H23N7O. The Morgan fingerprint density at radius 2 is 2.11 bits per heavy atom. The Labute approximate surface area is 158 Å². The predicted octanol–water partition coefficient (Wildman–Crippen LogP) is 2.87. The number of hydrogen-bond acceptors (Lipinski definition) is 6. The summed E-state index contributed by atoms with van der Waals surface area (Å²) in [6, 6.07) is 9.45. The van der Waals surface area contributed by atoms with E-state index in [1.54, 1.807) is 12.1 Å². The summed E-state index contributed by atoms with van der Waals surface area (Å²) in [5.74, 6) is 0.871. The van der Waals surface area contributed by atoms with Gasteiger partial charge in [-0.25, -0.2) is 0 Å². The van der Waals surface area contributed by atoms with Crippen LogP contribution < -0.4 is 10.6 Å². The van der Waals surface area contributed by atoms with E-state index in [1.807, 2.05) is 18.2 Å². The number of tetrazole rings is 1. The van der Waals surface area contributed by atoms with Crippen molar-refractivity contribution in [2.75, 3.05) is 5.32 Å². The van der Waals surface area contributed by atoms with E-state index in [-0.39, 0.29) is 23.3 Å². The second-order valence-electron chi connectivity index (χ2n) is 6.69. The first-order valence-corrected chi connectivity index (χ1v) is 9.21. The normalized spacial score (nSPS) is 19.9. The van der Waals surface area contributed by atoms with Gasteiger partial charge in [0, 0.05) is 12.2 Å². The molecule has 3 rings (SSSR count). The molecule has 8 heteroatoms. The Kier molecular flexibility index (Phi) is 6.15. The van der Waals surface area contributed by atoms with E-state index in [9.17, 15) is 10.1 Å². The Hall–Kier alpha value is -3.21. The number of benzene rings is 1. The number of amides is 1. The molecule has 0 unspecified atom stereocenters. The molecule has 1 aromatic heterocycles. The summed E-state index contributed by atoms with van der Waals surface area (Å²) in [7, 11) is 0. The average Bonchev–Trinajstić information content (AvgIpc) is 3.24. The molecule has 1 aliphatic rings. The molecule has 0 radical (unpaired) electrons. The van der Waals surface area contributed by atoms with Crippen molar-refractivity contribution < 1.29 is 4.79 Å². The van der Waals surface area contributed by atoms with Gasteiger partial charge in [0.25, 0.3) is 5.91 Å². The third-order valence-electron chi connectivity index (χ3n) is 5.01. The van der Waals surface area contributed by atoms with E-state index in [0.717, 1.165) is 18.8 Å². The maximum absolute atomic E-state index is 12.8. The number of allylic oxidation sites excluding steroid dienone is 1. The molecule has 1 aromatic carbocycles. The predicted molar refractivity (Wildman–Crippen MR) is 101 cm³/mol. The second-order valence-corrected chi connectivity index (χ2v) is 6.69. The van der Waals surface area contributed by atoms with Crippen molar-refractivity contribution in [1.29, 1.82) is 5.26 Å². The fourth-order valence-corrected chi connectivity index (χ4v) is 3.36. The highest BCUT2D eigenvalue weighted by Gasteiger charge is 2.22. The number of carbonyl (C=O) groups excluding carboxylic acids is 1. The zero-order valence-electron chi connectivity index (χ0n) is 15.3. The SMILES string of the molecule is CCC1CCC(NC(=O)c2ccccc2NC=C(C#N)c2nn[nH]n2)CC1. The van der Waals surface area contributed by atoms with Gasteiger partial charge in [-0.1, -0.05) is 25.5 Å². The number of aromatic amines is 1. The smallest absolute Gasteiger partial charge is 0.253 e. The summed E-state index contributed by atoms with van der Waals surface area (Å²) in [5, 5.41) is 28.8. The fourth-order valence-electron chi connectivity index (χ4n) is 3.36. The maximum Gasteiger partial charge on any atom is 0.253 e. The number of hydrogen-bond donors (Lipinski definition) is 3. The highest BCUT2D eigenvalue weighted by atomic mass is 16.1. The quantitative estimate of drug-likeness (QED) is 0.677. The summed E-state index contributed by atoms with van der Waals surface area (Å²) in [4.78, 5) is 12.8. The van der Waals surface area contributed by atoms with E-state index >= 15 is 0 Å². The minimum Gasteiger partial charge on any atom is -0.360 e. The largest absolute Gasteiger partial charge is 0.360 e. The van der Waals surface area contributed by atoms with E-state index in [4.69, 9.17) is 0 Å². The van der Waals surface area contributed by atoms with Crippen LogP contribution in [-0.2, 0) is 0 Å². The molecule has 1 saturated carbocycles. The third kappa shape index (κ3) is 4.70. The van der Waals surface area contributed by atoms with Gasteiger partial charge < -0.3 is 10.6 Å². The number of nitrogens with zero attached hydrogens (tertiary/aromatic N) is 4. The molecule has 8 nitrogen and oxygen atoms in total. The molecular weight excluding hydrogens is 342 g/mol. The number of rotatable bonds is 6. The molecule has 2 aromatic rings. The molecule has 0 aliphatic heterocycles. The van der Waals surface area contributed by atoms with Crippen LogP contribution in [0.4, 0.5) is 5.69 Å². The van der Waals surface area contributed by atoms with Gasteiger partial charge in [-0.05, 0) is 48.9 Å². The van der Waals surface area contributed by atoms with Gasteiger partial charge >= 0.3 is 0 Å². The number of H-pyrrole nitrogens is 1. The Morgan fingerprint density at radius 1 is 1.33 bits per heavy atom. The third-order valence-corrected chi connectivity index (χ3v) is 5.01. The van der Waals surface area contributed by atoms with Crippen molar-refractivity contribution in [3.05, 3.63) is 41.9 Å². The number of para-hydroxylation sites is 1. The summed E-state index contributed by atoms with van der Waals surface area (Å²) >= 11 is 0. The molecule has 140 valence electrons. The lowest BCUT2D eigenvalue weighted by molar-refractivity contribution is 0.0922. The second kappa shape index (κ2) is 8.94. The Balaban J connectivity index is 1.68. The van der Waals surface area contributed by atoms with Gasteiger partial charge in [0.05, 0.1) is 11.3 Å². The molecule has 0 bridgehead atoms. The molecule has 1 fully saturated rings. The Morgan fingerprint density at radius 3 is 2.78 bits per heavy atom. The van der Waals surface area contributed by atoms with Crippen LogP contribution >= 0.6 is 0 Å². The summed E-state index contributed by atoms with van der Waals surface area (Å²) < 4.78 is 0. The van der Waals surface area contributed by atoms with Gasteiger partial charge in [0.1, 0.15) is 11.6 Å². The number of nitrogens with one attached hydrogen (secondary N) is 3. The van der Waals surface area contributed by atoms with Crippen molar-refractivity contribution >= 4 is 17.2 Å². The first-order chi connectivity index (χ1) is 13.2. The number of anilines is 1. The van der Waals surface area contributed by atoms with Crippen molar-refractivity contribution in [2.24, 2.45) is 5.92 Å². The van der Waals surface area contributed by atoms with Gasteiger partial charge in [-0.3, -0.25) is 4.79 Å². The zero-order valence-corrected chi connectivity index (χ0v) is 15.3. The highest BCUT2D eigenvalue weighted by molar-refractivity contribution is 6.00. The van der Waals surface area contributed by atoms with Crippen molar-refractivity contribution in [1.82, 2.24) is 25.9 Å². The molecule has 1 amide bonds. The van der Waals surface area contributed by atoms with Crippen molar-refractivity contribution in [2.45, 2.75) is 45.1 Å². The summed E-state index contributed by atoms with van der Waals surface area (Å²) in [5.41, 5.74) is 1.38. The molecule has 1 aliphatic carbocycles. The highest BCUT2D eigenvalue weighted by Crippen LogP contribution is 2.27. The minimum absolute atomic E-state index is 0.107. The van der Waals surface area contributed by atoms with Crippen LogP contribution in [0.5, 0.6) is 0 Å². The lowest BCUT2D eigenvalue weighted by Crippen LogP contribution is -2.37. The van der Waals surface area contributed by atoms with Crippen LogP contribution in [0.25, 0.3) is 5.57 Å². The molecule has 0 atom stereocenters. The van der Waals surface area contributed by atoms with Crippen LogP contribution in [0.3, 0.4) is 0 Å². The summed E-state index contributed by atoms with van der Waals surface area (Å²) in [6.07, 6.45) is 7.07. The van der Waals surface area contributed by atoms with Crippen LogP contribution in [-0.4, -0.2) is 32.6 Å². The average molecular weight is 365 g/mol. The number of nitriles is 1. The molecule has 0 spiro atoms. The molecule has 3 N–H and O–H groups in total. The molecule has 27 heavy (non-hydrogen) atoms. The van der Waals surface area contributed by atoms with Crippen LogP contribution in [0.2, 0.25) is 0 Å². The minimum atomic E-state index is -0.107. The van der Waals surface area contributed by atoms with E-state index in [1.165, 1.54) is 25.5 Å². The molecule has 1 heterocycles. The molecule has 0 saturated heterocycles. The van der Waals surface area contributed by atoms with E-state index < -0.39 is 0 Å². The van der Waals surface area contributed by atoms with E-state index in [2.05, 4.69) is 38.2 Å². The van der Waals surface area contributed by atoms with Gasteiger partial charge in [0.2, 0.25) is 5.82 Å². The van der Waals surface area contributed by atoms with Crippen LogP contribution in [0.1, 0.15) is 55.2 Å². The van der Waals surface area contributed by atoms with Gasteiger partial charge in [0.15, 0.2) is 0 Å². The number of aromatic nitrogens is 4. The van der Waals surface area contributed by atoms with Gasteiger partial charge in [-0.2, -0.15) is 10.5 Å². The standard InChI is InChI=1S/C19H23N7O/c1-2-13-7-9-15(10-8-13)22-19(27)16-5-3-4-6-17(16)21-12-14(11-20)18-23-25-26-24-18/h3-6,12-13,15,21H,2,7-10H2,1H3,(H,22,27)(H,23,24,25,26).